The van der Waals surface area contributed by atoms with E-state index in [1.54, 1.807) is 11.1 Å². The summed E-state index contributed by atoms with van der Waals surface area (Å²) < 4.78 is 0. The summed E-state index contributed by atoms with van der Waals surface area (Å²) in [5.74, 6) is -1.16. The number of aliphatic carboxylic acids is 1. The zero-order chi connectivity index (χ0) is 18.7. The van der Waals surface area contributed by atoms with Crippen molar-refractivity contribution in [2.45, 2.75) is 19.9 Å². The lowest BCUT2D eigenvalue weighted by atomic mass is 9.91. The summed E-state index contributed by atoms with van der Waals surface area (Å²) in [4.78, 5) is 30.5. The molecular weight excluding hydrogens is 374 g/mol. The van der Waals surface area contributed by atoms with Gasteiger partial charge in [-0.2, -0.15) is 0 Å². The van der Waals surface area contributed by atoms with Crippen LogP contribution in [0.1, 0.15) is 18.2 Å². The molecule has 0 saturated carbocycles. The van der Waals surface area contributed by atoms with Gasteiger partial charge in [0.15, 0.2) is 0 Å². The molecule has 8 heteroatoms. The van der Waals surface area contributed by atoms with E-state index in [0.29, 0.717) is 24.5 Å². The van der Waals surface area contributed by atoms with Gasteiger partial charge in [0.1, 0.15) is 5.01 Å². The zero-order valence-corrected chi connectivity index (χ0v) is 15.9. The number of carboxylic acids is 1. The Morgan fingerprint density at radius 3 is 2.77 bits per heavy atom. The van der Waals surface area contributed by atoms with Crippen LogP contribution in [0.25, 0.3) is 10.6 Å². The molecular formula is C18H20ClN3O3S. The van der Waals surface area contributed by atoms with E-state index in [0.717, 1.165) is 15.4 Å². The first-order valence-corrected chi connectivity index (χ1v) is 9.58. The monoisotopic (exact) mass is 393 g/mol. The van der Waals surface area contributed by atoms with Gasteiger partial charge in [-0.3, -0.25) is 4.79 Å². The highest BCUT2D eigenvalue weighted by Gasteiger charge is 2.31. The van der Waals surface area contributed by atoms with E-state index in [1.807, 2.05) is 31.2 Å². The lowest BCUT2D eigenvalue weighted by Crippen LogP contribution is -2.49. The molecule has 1 aliphatic heterocycles. The summed E-state index contributed by atoms with van der Waals surface area (Å²) in [6.07, 6.45) is 2.35. The van der Waals surface area contributed by atoms with Crippen LogP contribution in [0.15, 0.2) is 30.5 Å². The average Bonchev–Trinajstić information content (AvgIpc) is 3.08. The summed E-state index contributed by atoms with van der Waals surface area (Å²) in [5.41, 5.74) is 0.978. The van der Waals surface area contributed by atoms with Gasteiger partial charge in [0, 0.05) is 34.7 Å². The van der Waals surface area contributed by atoms with Crippen molar-refractivity contribution in [3.05, 3.63) is 40.4 Å². The van der Waals surface area contributed by atoms with Gasteiger partial charge in [0.25, 0.3) is 0 Å². The first-order chi connectivity index (χ1) is 12.4. The second-order valence-corrected chi connectivity index (χ2v) is 8.13. The molecule has 2 atom stereocenters. The number of carboxylic acid groups (broad SMARTS) is 1. The summed E-state index contributed by atoms with van der Waals surface area (Å²) >= 11 is 7.40. The summed E-state index contributed by atoms with van der Waals surface area (Å²) in [6, 6.07) is 7.21. The third-order valence-electron chi connectivity index (χ3n) is 4.35. The summed E-state index contributed by atoms with van der Waals surface area (Å²) in [5, 5.41) is 13.6. The van der Waals surface area contributed by atoms with Gasteiger partial charge in [-0.25, -0.2) is 9.78 Å². The van der Waals surface area contributed by atoms with E-state index < -0.39 is 11.9 Å². The Hall–Kier alpha value is -2.12. The Kier molecular flexibility index (Phi) is 5.78. The maximum Gasteiger partial charge on any atom is 0.317 e. The standard InChI is InChI=1S/C18H20ClN3O3S/c1-11-6-13(17(23)24)10-22(9-11)18(25)21-8-15-7-20-16(26-15)12-2-4-14(19)5-3-12/h2-5,7,11,13H,6,8-10H2,1H3,(H,21,25)(H,23,24). The maximum atomic E-state index is 12.4. The van der Waals surface area contributed by atoms with Gasteiger partial charge >= 0.3 is 12.0 Å². The molecule has 26 heavy (non-hydrogen) atoms. The summed E-state index contributed by atoms with van der Waals surface area (Å²) in [6.45, 7) is 3.17. The Balaban J connectivity index is 1.58. The number of halogens is 1. The fraction of sp³-hybridized carbons (Fsp3) is 0.389. The van der Waals surface area contributed by atoms with E-state index in [4.69, 9.17) is 11.6 Å². The first kappa shape index (κ1) is 18.7. The van der Waals surface area contributed by atoms with E-state index in [-0.39, 0.29) is 18.5 Å². The van der Waals surface area contributed by atoms with Gasteiger partial charge < -0.3 is 15.3 Å². The second kappa shape index (κ2) is 8.05. The van der Waals surface area contributed by atoms with Crippen LogP contribution in [-0.2, 0) is 11.3 Å². The van der Waals surface area contributed by atoms with Crippen LogP contribution in [0.2, 0.25) is 5.02 Å². The smallest absolute Gasteiger partial charge is 0.317 e. The molecule has 6 nitrogen and oxygen atoms in total. The third-order valence-corrected chi connectivity index (χ3v) is 5.65. The highest BCUT2D eigenvalue weighted by molar-refractivity contribution is 7.15. The molecule has 1 aliphatic rings. The number of rotatable bonds is 4. The number of nitrogens with one attached hydrogen (secondary N) is 1. The number of thiazole rings is 1. The molecule has 0 spiro atoms. The molecule has 2 aromatic rings. The molecule has 0 bridgehead atoms. The number of urea groups is 1. The van der Waals surface area contributed by atoms with Crippen LogP contribution in [0, 0.1) is 11.8 Å². The molecule has 2 heterocycles. The molecule has 138 valence electrons. The SMILES string of the molecule is CC1CC(C(=O)O)CN(C(=O)NCc2cnc(-c3ccc(Cl)cc3)s2)C1. The quantitative estimate of drug-likeness (QED) is 0.829. The fourth-order valence-electron chi connectivity index (χ4n) is 3.09. The summed E-state index contributed by atoms with van der Waals surface area (Å²) in [7, 11) is 0. The number of carbonyl (C=O) groups excluding carboxylic acids is 1. The number of nitrogens with zero attached hydrogens (tertiary/aromatic N) is 2. The number of benzene rings is 1. The number of carbonyl (C=O) groups is 2. The van der Waals surface area contributed by atoms with Crippen molar-refractivity contribution >= 4 is 34.9 Å². The van der Waals surface area contributed by atoms with Crippen LogP contribution in [-0.4, -0.2) is 40.1 Å². The van der Waals surface area contributed by atoms with E-state index in [9.17, 15) is 14.7 Å². The third kappa shape index (κ3) is 4.53. The molecule has 1 aromatic carbocycles. The predicted molar refractivity (Wildman–Crippen MR) is 101 cm³/mol. The molecule has 1 fully saturated rings. The van der Waals surface area contributed by atoms with E-state index in [1.165, 1.54) is 11.3 Å². The van der Waals surface area contributed by atoms with Gasteiger partial charge in [-0.05, 0) is 24.5 Å². The van der Waals surface area contributed by atoms with Crippen LogP contribution < -0.4 is 5.32 Å². The maximum absolute atomic E-state index is 12.4. The molecule has 2 N–H and O–H groups in total. The lowest BCUT2D eigenvalue weighted by molar-refractivity contribution is -0.143. The zero-order valence-electron chi connectivity index (χ0n) is 14.3. The Labute approximate surface area is 160 Å². The van der Waals surface area contributed by atoms with E-state index >= 15 is 0 Å². The van der Waals surface area contributed by atoms with Crippen LogP contribution in [0.3, 0.4) is 0 Å². The topological polar surface area (TPSA) is 82.5 Å². The van der Waals surface area contributed by atoms with Crippen molar-refractivity contribution in [2.24, 2.45) is 11.8 Å². The molecule has 1 saturated heterocycles. The highest BCUT2D eigenvalue weighted by Crippen LogP contribution is 2.26. The Morgan fingerprint density at radius 2 is 2.08 bits per heavy atom. The van der Waals surface area contributed by atoms with Crippen molar-refractivity contribution in [3.63, 3.8) is 0 Å². The van der Waals surface area contributed by atoms with Crippen LogP contribution in [0.4, 0.5) is 4.79 Å². The van der Waals surface area contributed by atoms with Crippen molar-refractivity contribution in [2.75, 3.05) is 13.1 Å². The molecule has 2 unspecified atom stereocenters. The van der Waals surface area contributed by atoms with Crippen LogP contribution >= 0.6 is 22.9 Å². The second-order valence-electron chi connectivity index (χ2n) is 6.58. The molecule has 2 amide bonds. The number of hydrogen-bond donors (Lipinski definition) is 2. The largest absolute Gasteiger partial charge is 0.481 e. The fourth-order valence-corrected chi connectivity index (χ4v) is 4.07. The van der Waals surface area contributed by atoms with Gasteiger partial charge in [0.05, 0.1) is 12.5 Å². The highest BCUT2D eigenvalue weighted by atomic mass is 35.5. The van der Waals surface area contributed by atoms with Crippen molar-refractivity contribution < 1.29 is 14.7 Å². The van der Waals surface area contributed by atoms with Gasteiger partial charge in [-0.15, -0.1) is 11.3 Å². The minimum absolute atomic E-state index is 0.176. The minimum atomic E-state index is -0.843. The molecule has 0 aliphatic carbocycles. The van der Waals surface area contributed by atoms with Gasteiger partial charge in [0.2, 0.25) is 0 Å². The van der Waals surface area contributed by atoms with Gasteiger partial charge in [-0.1, -0.05) is 30.7 Å². The van der Waals surface area contributed by atoms with E-state index in [2.05, 4.69) is 10.3 Å². The van der Waals surface area contributed by atoms with Crippen LogP contribution in [0.5, 0.6) is 0 Å². The predicted octanol–water partition coefficient (Wildman–Crippen LogP) is 3.72. The van der Waals surface area contributed by atoms with Crippen molar-refractivity contribution in [1.82, 2.24) is 15.2 Å². The minimum Gasteiger partial charge on any atom is -0.481 e. The molecule has 0 radical (unpaired) electrons. The molecule has 1 aromatic heterocycles. The number of likely N-dealkylation sites (tertiary alicyclic amines) is 1. The number of piperidine rings is 1. The normalized spacial score (nSPS) is 20.0. The lowest BCUT2D eigenvalue weighted by Gasteiger charge is -2.34. The number of aromatic nitrogens is 1. The Morgan fingerprint density at radius 1 is 1.35 bits per heavy atom. The Bertz CT molecular complexity index is 793. The van der Waals surface area contributed by atoms with Crippen molar-refractivity contribution in [1.29, 1.82) is 0 Å². The average molecular weight is 394 g/mol. The number of amides is 2. The first-order valence-electron chi connectivity index (χ1n) is 8.38. The van der Waals surface area contributed by atoms with Crippen molar-refractivity contribution in [3.8, 4) is 10.6 Å². The molecule has 3 rings (SSSR count). The number of hydrogen-bond acceptors (Lipinski definition) is 4.